The van der Waals surface area contributed by atoms with E-state index in [1.54, 1.807) is 18.2 Å². The van der Waals surface area contributed by atoms with Crippen molar-refractivity contribution in [3.63, 3.8) is 0 Å². The van der Waals surface area contributed by atoms with E-state index in [1.165, 1.54) is 25.3 Å². The first kappa shape index (κ1) is 24.8. The predicted octanol–water partition coefficient (Wildman–Crippen LogP) is 6.14. The lowest BCUT2D eigenvalue weighted by molar-refractivity contribution is -0.383. The Morgan fingerprint density at radius 1 is 1.18 bits per heavy atom. The van der Waals surface area contributed by atoms with Crippen LogP contribution in [0, 0.1) is 21.4 Å². The molecule has 34 heavy (non-hydrogen) atoms. The molecule has 0 atom stereocenters. The number of ether oxygens (including phenoxy) is 2. The van der Waals surface area contributed by atoms with E-state index >= 15 is 0 Å². The molecule has 0 fully saturated rings. The molecule has 0 saturated carbocycles. The van der Waals surface area contributed by atoms with Gasteiger partial charge in [0.25, 0.3) is 11.6 Å². The van der Waals surface area contributed by atoms with Crippen LogP contribution in [0.2, 0.25) is 5.02 Å². The highest BCUT2D eigenvalue weighted by Crippen LogP contribution is 2.31. The second kappa shape index (κ2) is 11.3. The topological polar surface area (TPSA) is 114 Å². The molecule has 172 valence electrons. The third-order valence-electron chi connectivity index (χ3n) is 4.58. The summed E-state index contributed by atoms with van der Waals surface area (Å²) in [6, 6.07) is 18.3. The summed E-state index contributed by atoms with van der Waals surface area (Å²) >= 11 is 9.18. The molecule has 0 radical (unpaired) electrons. The van der Waals surface area contributed by atoms with Gasteiger partial charge in [-0.15, -0.1) is 0 Å². The van der Waals surface area contributed by atoms with E-state index in [4.69, 9.17) is 21.1 Å². The molecule has 0 saturated heterocycles. The summed E-state index contributed by atoms with van der Waals surface area (Å²) in [5.41, 5.74) is 0.760. The van der Waals surface area contributed by atoms with Gasteiger partial charge in [0, 0.05) is 15.6 Å². The van der Waals surface area contributed by atoms with Crippen LogP contribution in [0.4, 0.5) is 11.4 Å². The first-order valence-electron chi connectivity index (χ1n) is 9.73. The van der Waals surface area contributed by atoms with Gasteiger partial charge in [0.1, 0.15) is 23.9 Å². The molecule has 0 aromatic heterocycles. The van der Waals surface area contributed by atoms with Crippen LogP contribution in [-0.4, -0.2) is 17.9 Å². The van der Waals surface area contributed by atoms with Crippen molar-refractivity contribution in [2.45, 2.75) is 6.61 Å². The van der Waals surface area contributed by atoms with Gasteiger partial charge in [0.15, 0.2) is 11.5 Å². The van der Waals surface area contributed by atoms with Crippen molar-refractivity contribution in [1.82, 2.24) is 0 Å². The minimum absolute atomic E-state index is 0.0742. The largest absolute Gasteiger partial charge is 0.493 e. The van der Waals surface area contributed by atoms with Crippen LogP contribution in [0.5, 0.6) is 11.5 Å². The Balaban J connectivity index is 1.79. The Hall–Kier alpha value is -3.87. The molecule has 0 aliphatic rings. The Morgan fingerprint density at radius 2 is 1.91 bits per heavy atom. The standard InChI is InChI=1S/C24H17BrClN3O5/c1-33-23-11-16(4-9-22(23)34-14-15-2-5-18(25)6-3-15)10-17(13-27)24(30)28-20-8-7-19(26)12-21(20)29(31)32/h2-12H,14H2,1H3,(H,28,30)/b17-10+. The Bertz CT molecular complexity index is 1300. The Kier molecular flexibility index (Phi) is 8.24. The maximum Gasteiger partial charge on any atom is 0.294 e. The quantitative estimate of drug-likeness (QED) is 0.158. The maximum atomic E-state index is 12.6. The fourth-order valence-electron chi connectivity index (χ4n) is 2.90. The number of methoxy groups -OCH3 is 1. The van der Waals surface area contributed by atoms with Crippen molar-refractivity contribution in [2.75, 3.05) is 12.4 Å². The Labute approximate surface area is 208 Å². The zero-order chi connectivity index (χ0) is 24.7. The summed E-state index contributed by atoms with van der Waals surface area (Å²) in [4.78, 5) is 23.2. The number of hydrogen-bond acceptors (Lipinski definition) is 6. The summed E-state index contributed by atoms with van der Waals surface area (Å²) in [6.45, 7) is 0.324. The van der Waals surface area contributed by atoms with Crippen LogP contribution in [0.3, 0.4) is 0 Å². The molecule has 3 aromatic rings. The fourth-order valence-corrected chi connectivity index (χ4v) is 3.33. The predicted molar refractivity (Wildman–Crippen MR) is 132 cm³/mol. The highest BCUT2D eigenvalue weighted by Gasteiger charge is 2.19. The number of nitriles is 1. The lowest BCUT2D eigenvalue weighted by Gasteiger charge is -2.12. The van der Waals surface area contributed by atoms with Gasteiger partial charge in [0.2, 0.25) is 0 Å². The monoisotopic (exact) mass is 541 g/mol. The molecule has 0 unspecified atom stereocenters. The van der Waals surface area contributed by atoms with Gasteiger partial charge in [-0.1, -0.05) is 45.7 Å². The highest BCUT2D eigenvalue weighted by molar-refractivity contribution is 9.10. The Morgan fingerprint density at radius 3 is 2.56 bits per heavy atom. The van der Waals surface area contributed by atoms with Crippen molar-refractivity contribution < 1.29 is 19.2 Å². The third kappa shape index (κ3) is 6.34. The minimum atomic E-state index is -0.803. The van der Waals surface area contributed by atoms with E-state index in [1.807, 2.05) is 30.3 Å². The van der Waals surface area contributed by atoms with E-state index in [0.29, 0.717) is 23.7 Å². The van der Waals surface area contributed by atoms with Gasteiger partial charge in [-0.3, -0.25) is 14.9 Å². The van der Waals surface area contributed by atoms with Gasteiger partial charge in [-0.05, 0) is 53.6 Å². The highest BCUT2D eigenvalue weighted by atomic mass is 79.9. The number of nitrogens with zero attached hydrogens (tertiary/aromatic N) is 2. The fraction of sp³-hybridized carbons (Fsp3) is 0.0833. The average molecular weight is 543 g/mol. The molecular formula is C24H17BrClN3O5. The van der Waals surface area contributed by atoms with E-state index in [9.17, 15) is 20.2 Å². The van der Waals surface area contributed by atoms with Crippen molar-refractivity contribution in [3.05, 3.63) is 97.0 Å². The summed E-state index contributed by atoms with van der Waals surface area (Å²) in [7, 11) is 1.48. The second-order valence-corrected chi connectivity index (χ2v) is 8.22. The number of benzene rings is 3. The normalized spacial score (nSPS) is 10.8. The van der Waals surface area contributed by atoms with Crippen molar-refractivity contribution in [1.29, 1.82) is 5.26 Å². The van der Waals surface area contributed by atoms with Gasteiger partial charge < -0.3 is 14.8 Å². The average Bonchev–Trinajstić information content (AvgIpc) is 2.83. The molecule has 3 rings (SSSR count). The van der Waals surface area contributed by atoms with Crippen LogP contribution >= 0.6 is 27.5 Å². The summed E-state index contributed by atoms with van der Waals surface area (Å²) in [6.07, 6.45) is 1.35. The zero-order valence-electron chi connectivity index (χ0n) is 17.7. The third-order valence-corrected chi connectivity index (χ3v) is 5.34. The maximum absolute atomic E-state index is 12.6. The van der Waals surface area contributed by atoms with Crippen LogP contribution < -0.4 is 14.8 Å². The van der Waals surface area contributed by atoms with Crippen molar-refractivity contribution >= 4 is 50.9 Å². The second-order valence-electron chi connectivity index (χ2n) is 6.87. The minimum Gasteiger partial charge on any atom is -0.493 e. The summed E-state index contributed by atoms with van der Waals surface area (Å²) in [5.74, 6) is 0.0988. The summed E-state index contributed by atoms with van der Waals surface area (Å²) < 4.78 is 12.2. The van der Waals surface area contributed by atoms with E-state index in [0.717, 1.165) is 16.1 Å². The van der Waals surface area contributed by atoms with Crippen LogP contribution in [0.15, 0.2) is 70.7 Å². The lowest BCUT2D eigenvalue weighted by atomic mass is 10.1. The number of halogens is 2. The molecule has 0 spiro atoms. The number of rotatable bonds is 8. The zero-order valence-corrected chi connectivity index (χ0v) is 20.1. The van der Waals surface area contributed by atoms with E-state index < -0.39 is 10.8 Å². The molecule has 3 aromatic carbocycles. The van der Waals surface area contributed by atoms with Crippen LogP contribution in [-0.2, 0) is 11.4 Å². The number of amides is 1. The smallest absolute Gasteiger partial charge is 0.294 e. The SMILES string of the molecule is COc1cc(/C=C(\C#N)C(=O)Nc2ccc(Cl)cc2[N+](=O)[O-])ccc1OCc1ccc(Br)cc1. The van der Waals surface area contributed by atoms with E-state index in [-0.39, 0.29) is 22.0 Å². The van der Waals surface area contributed by atoms with E-state index in [2.05, 4.69) is 21.2 Å². The number of carbonyl (C=O) groups is 1. The number of hydrogen-bond donors (Lipinski definition) is 1. The van der Waals surface area contributed by atoms with Crippen LogP contribution in [0.1, 0.15) is 11.1 Å². The molecule has 10 heteroatoms. The molecule has 1 amide bonds. The first-order chi connectivity index (χ1) is 16.3. The number of nitro groups is 1. The molecule has 0 bridgehead atoms. The number of nitrogens with one attached hydrogen (secondary N) is 1. The summed E-state index contributed by atoms with van der Waals surface area (Å²) in [5, 5.41) is 23.2. The van der Waals surface area contributed by atoms with Crippen molar-refractivity contribution in [2.24, 2.45) is 0 Å². The molecule has 0 aliphatic carbocycles. The molecule has 8 nitrogen and oxygen atoms in total. The van der Waals surface area contributed by atoms with Crippen LogP contribution in [0.25, 0.3) is 6.08 Å². The van der Waals surface area contributed by atoms with Gasteiger partial charge in [-0.25, -0.2) is 0 Å². The molecular weight excluding hydrogens is 526 g/mol. The number of carbonyl (C=O) groups excluding carboxylic acids is 1. The number of anilines is 1. The molecule has 0 heterocycles. The molecule has 1 N–H and O–H groups in total. The lowest BCUT2D eigenvalue weighted by Crippen LogP contribution is -2.14. The van der Waals surface area contributed by atoms with Crippen molar-refractivity contribution in [3.8, 4) is 17.6 Å². The van der Waals surface area contributed by atoms with Gasteiger partial charge in [0.05, 0.1) is 12.0 Å². The van der Waals surface area contributed by atoms with Gasteiger partial charge in [-0.2, -0.15) is 5.26 Å². The first-order valence-corrected chi connectivity index (χ1v) is 10.9. The van der Waals surface area contributed by atoms with Gasteiger partial charge >= 0.3 is 0 Å². The number of nitro benzene ring substituents is 1. The molecule has 0 aliphatic heterocycles.